The molecule has 0 bridgehead atoms. The molecule has 0 fully saturated rings. The summed E-state index contributed by atoms with van der Waals surface area (Å²) in [4.78, 5) is 11.7. The summed E-state index contributed by atoms with van der Waals surface area (Å²) in [5.41, 5.74) is 1.85. The van der Waals surface area contributed by atoms with Crippen molar-refractivity contribution in [2.75, 3.05) is 0 Å². The van der Waals surface area contributed by atoms with Crippen LogP contribution in [0, 0.1) is 11.3 Å². The highest BCUT2D eigenvalue weighted by atomic mass is 35.5. The minimum Gasteiger partial charge on any atom is -0.489 e. The van der Waals surface area contributed by atoms with Gasteiger partial charge in [0.25, 0.3) is 0 Å². The number of nitriles is 1. The Morgan fingerprint density at radius 1 is 1.12 bits per heavy atom. The maximum Gasteiger partial charge on any atom is 0.234 e. The van der Waals surface area contributed by atoms with Crippen LogP contribution in [0.3, 0.4) is 0 Å². The molecule has 0 aliphatic heterocycles. The highest BCUT2D eigenvalue weighted by molar-refractivity contribution is 6.30. The Labute approximate surface area is 157 Å². The minimum atomic E-state index is -0.304. The van der Waals surface area contributed by atoms with Crippen LogP contribution in [0.5, 0.6) is 5.75 Å². The maximum atomic E-state index is 11.7. The van der Waals surface area contributed by atoms with Gasteiger partial charge >= 0.3 is 0 Å². The van der Waals surface area contributed by atoms with Gasteiger partial charge in [-0.1, -0.05) is 54.1 Å². The van der Waals surface area contributed by atoms with Crippen molar-refractivity contribution < 1.29 is 9.53 Å². The molecule has 1 N–H and O–H groups in total. The first-order valence-corrected chi connectivity index (χ1v) is 8.56. The molecule has 0 saturated carbocycles. The van der Waals surface area contributed by atoms with E-state index < -0.39 is 0 Å². The van der Waals surface area contributed by atoms with E-state index in [9.17, 15) is 4.79 Å². The zero-order valence-electron chi connectivity index (χ0n) is 14.0. The predicted molar refractivity (Wildman–Crippen MR) is 102 cm³/mol. The number of carbonyl (C=O) groups is 1. The molecule has 5 heteroatoms. The van der Waals surface area contributed by atoms with Gasteiger partial charge in [-0.3, -0.25) is 4.79 Å². The number of rotatable bonds is 6. The average Bonchev–Trinajstić information content (AvgIpc) is 2.65. The normalized spacial score (nSPS) is 10.3. The maximum absolute atomic E-state index is 11.7. The molecule has 4 nitrogen and oxygen atoms in total. The van der Waals surface area contributed by atoms with E-state index in [1.165, 1.54) is 0 Å². The van der Waals surface area contributed by atoms with Crippen molar-refractivity contribution in [3.8, 4) is 11.8 Å². The van der Waals surface area contributed by atoms with Gasteiger partial charge in [-0.25, -0.2) is 0 Å². The van der Waals surface area contributed by atoms with E-state index in [-0.39, 0.29) is 12.3 Å². The summed E-state index contributed by atoms with van der Waals surface area (Å²) in [5.74, 6) is 0.391. The van der Waals surface area contributed by atoms with E-state index >= 15 is 0 Å². The second kappa shape index (κ2) is 8.37. The Bertz CT molecular complexity index is 979. The summed E-state index contributed by atoms with van der Waals surface area (Å²) in [7, 11) is 0. The molecule has 0 aliphatic carbocycles. The van der Waals surface area contributed by atoms with Crippen LogP contribution < -0.4 is 10.1 Å². The Morgan fingerprint density at radius 3 is 2.77 bits per heavy atom. The Balaban J connectivity index is 1.87. The molecule has 0 heterocycles. The fraction of sp³-hybridized carbons (Fsp3) is 0.143. The first-order valence-electron chi connectivity index (χ1n) is 8.19. The van der Waals surface area contributed by atoms with Gasteiger partial charge in [-0.15, -0.1) is 0 Å². The van der Waals surface area contributed by atoms with Gasteiger partial charge in [0, 0.05) is 17.1 Å². The van der Waals surface area contributed by atoms with Crippen molar-refractivity contribution >= 4 is 28.3 Å². The van der Waals surface area contributed by atoms with Crippen molar-refractivity contribution in [3.05, 3.63) is 76.8 Å². The molecule has 0 aromatic heterocycles. The number of nitrogens with zero attached hydrogens (tertiary/aromatic N) is 1. The Kier molecular flexibility index (Phi) is 5.73. The van der Waals surface area contributed by atoms with E-state index in [0.29, 0.717) is 23.9 Å². The van der Waals surface area contributed by atoms with E-state index in [2.05, 4.69) is 5.32 Å². The van der Waals surface area contributed by atoms with Crippen LogP contribution in [0.25, 0.3) is 10.8 Å². The van der Waals surface area contributed by atoms with Crippen molar-refractivity contribution in [2.45, 2.75) is 19.6 Å². The van der Waals surface area contributed by atoms with Gasteiger partial charge in [0.2, 0.25) is 5.91 Å². The lowest BCUT2D eigenvalue weighted by atomic mass is 10.0. The molecule has 1 amide bonds. The molecule has 3 aromatic carbocycles. The first kappa shape index (κ1) is 17.8. The van der Waals surface area contributed by atoms with E-state index in [1.54, 1.807) is 0 Å². The Morgan fingerprint density at radius 2 is 1.96 bits per heavy atom. The fourth-order valence-corrected chi connectivity index (χ4v) is 2.96. The molecular formula is C21H17ClN2O2. The summed E-state index contributed by atoms with van der Waals surface area (Å²) >= 11 is 6.02. The third-order valence-electron chi connectivity index (χ3n) is 3.98. The first-order chi connectivity index (χ1) is 12.7. The summed E-state index contributed by atoms with van der Waals surface area (Å²) in [6, 6.07) is 21.2. The number of carbonyl (C=O) groups excluding carboxylic acids is 1. The monoisotopic (exact) mass is 364 g/mol. The van der Waals surface area contributed by atoms with Crippen molar-refractivity contribution in [3.63, 3.8) is 0 Å². The van der Waals surface area contributed by atoms with Crippen LogP contribution in [-0.4, -0.2) is 5.91 Å². The largest absolute Gasteiger partial charge is 0.489 e. The number of halogens is 1. The van der Waals surface area contributed by atoms with Gasteiger partial charge in [0.15, 0.2) is 0 Å². The third kappa shape index (κ3) is 4.33. The lowest BCUT2D eigenvalue weighted by Crippen LogP contribution is -2.22. The zero-order valence-corrected chi connectivity index (χ0v) is 14.8. The predicted octanol–water partition coefficient (Wildman–Crippen LogP) is 4.60. The van der Waals surface area contributed by atoms with Crippen LogP contribution in [0.15, 0.2) is 60.7 Å². The summed E-state index contributed by atoms with van der Waals surface area (Å²) in [6.07, 6.45) is -0.163. The summed E-state index contributed by atoms with van der Waals surface area (Å²) in [6.45, 7) is 0.671. The molecule has 0 saturated heterocycles. The number of nitrogens with one attached hydrogen (secondary N) is 1. The van der Waals surface area contributed by atoms with Crippen LogP contribution in [0.4, 0.5) is 0 Å². The van der Waals surface area contributed by atoms with Crippen molar-refractivity contribution in [1.29, 1.82) is 5.26 Å². The van der Waals surface area contributed by atoms with Gasteiger partial charge in [0.1, 0.15) is 18.8 Å². The molecule has 3 aromatic rings. The minimum absolute atomic E-state index is 0.163. The van der Waals surface area contributed by atoms with Gasteiger partial charge in [-0.05, 0) is 34.5 Å². The summed E-state index contributed by atoms with van der Waals surface area (Å²) < 4.78 is 6.00. The van der Waals surface area contributed by atoms with Crippen LogP contribution >= 0.6 is 11.6 Å². The quantitative estimate of drug-likeness (QED) is 0.695. The summed E-state index contributed by atoms with van der Waals surface area (Å²) in [5, 5.41) is 14.2. The van der Waals surface area contributed by atoms with Crippen molar-refractivity contribution in [1.82, 2.24) is 5.32 Å². The lowest BCUT2D eigenvalue weighted by molar-refractivity contribution is -0.120. The molecule has 130 valence electrons. The number of benzene rings is 3. The second-order valence-electron chi connectivity index (χ2n) is 5.79. The second-order valence-corrected chi connectivity index (χ2v) is 6.23. The van der Waals surface area contributed by atoms with Crippen LogP contribution in [-0.2, 0) is 17.9 Å². The molecule has 0 aliphatic rings. The molecule has 0 spiro atoms. The van der Waals surface area contributed by atoms with Crippen LogP contribution in [0.2, 0.25) is 5.02 Å². The molecule has 0 unspecified atom stereocenters. The van der Waals surface area contributed by atoms with Gasteiger partial charge < -0.3 is 10.1 Å². The fourth-order valence-electron chi connectivity index (χ4n) is 2.74. The van der Waals surface area contributed by atoms with E-state index in [1.807, 2.05) is 66.7 Å². The standard InChI is InChI=1S/C21H17ClN2O2/c22-17-6-3-4-15(12-17)14-26-20-9-8-16-5-1-2-7-18(16)19(20)13-24-21(25)10-11-23/h1-9,12H,10,13-14H2,(H,24,25). The smallest absolute Gasteiger partial charge is 0.234 e. The average molecular weight is 365 g/mol. The third-order valence-corrected chi connectivity index (χ3v) is 4.22. The molecule has 3 rings (SSSR count). The lowest BCUT2D eigenvalue weighted by Gasteiger charge is -2.15. The van der Waals surface area contributed by atoms with Crippen LogP contribution in [0.1, 0.15) is 17.5 Å². The SMILES string of the molecule is N#CCC(=O)NCc1c(OCc2cccc(Cl)c2)ccc2ccccc12. The molecule has 0 atom stereocenters. The molecular weight excluding hydrogens is 348 g/mol. The number of ether oxygens (including phenoxy) is 1. The Hall–Kier alpha value is -3.03. The van der Waals surface area contributed by atoms with Crippen molar-refractivity contribution in [2.24, 2.45) is 0 Å². The van der Waals surface area contributed by atoms with E-state index in [4.69, 9.17) is 21.6 Å². The van der Waals surface area contributed by atoms with Gasteiger partial charge in [0.05, 0.1) is 6.07 Å². The highest BCUT2D eigenvalue weighted by Crippen LogP contribution is 2.29. The number of hydrogen-bond donors (Lipinski definition) is 1. The van der Waals surface area contributed by atoms with E-state index in [0.717, 1.165) is 21.9 Å². The number of amides is 1. The molecule has 0 radical (unpaired) electrons. The van der Waals surface area contributed by atoms with Gasteiger partial charge in [-0.2, -0.15) is 5.26 Å². The topological polar surface area (TPSA) is 62.1 Å². The number of hydrogen-bond acceptors (Lipinski definition) is 3. The molecule has 26 heavy (non-hydrogen) atoms. The number of fused-ring (bicyclic) bond motifs is 1. The zero-order chi connectivity index (χ0) is 18.4. The highest BCUT2D eigenvalue weighted by Gasteiger charge is 2.11.